The molecule has 7 heavy (non-hydrogen) atoms. The zero-order valence-electron chi connectivity index (χ0n) is 3.98. The molecule has 3 nitrogen and oxygen atoms in total. The Balaban J connectivity index is 1.88. The number of carbonyl (C=O) groups excluding carboxylic acids is 1. The van der Waals surface area contributed by atoms with Crippen LogP contribution < -0.4 is 10.9 Å². The maximum absolute atomic E-state index is 9.56. The summed E-state index contributed by atoms with van der Waals surface area (Å²) in [7, 11) is 0. The molecule has 0 bridgehead atoms. The normalized spacial score (nSPS) is 18.9. The standard InChI is InChI=1S/C4H8N2O/c7-3-5-6-4-1-2-4/h3-4,6H,1-2H2,(H,5,7). The highest BCUT2D eigenvalue weighted by atomic mass is 16.1. The van der Waals surface area contributed by atoms with Crippen molar-refractivity contribution in [1.82, 2.24) is 10.9 Å². The van der Waals surface area contributed by atoms with Crippen molar-refractivity contribution in [3.63, 3.8) is 0 Å². The molecule has 0 aromatic heterocycles. The number of nitrogens with one attached hydrogen (secondary N) is 2. The summed E-state index contributed by atoms with van der Waals surface area (Å²) >= 11 is 0. The monoisotopic (exact) mass is 100 g/mol. The van der Waals surface area contributed by atoms with E-state index < -0.39 is 0 Å². The Hall–Kier alpha value is -0.570. The van der Waals surface area contributed by atoms with Crippen molar-refractivity contribution in [1.29, 1.82) is 0 Å². The predicted molar refractivity (Wildman–Crippen MR) is 25.4 cm³/mol. The Morgan fingerprint density at radius 2 is 2.29 bits per heavy atom. The van der Waals surface area contributed by atoms with Crippen LogP contribution in [0.1, 0.15) is 12.8 Å². The first-order valence-corrected chi connectivity index (χ1v) is 2.38. The summed E-state index contributed by atoms with van der Waals surface area (Å²) < 4.78 is 0. The number of carbonyl (C=O) groups is 1. The molecule has 0 saturated heterocycles. The Bertz CT molecular complexity index is 70.1. The molecular formula is C4H8N2O. The highest BCUT2D eigenvalue weighted by Gasteiger charge is 2.19. The summed E-state index contributed by atoms with van der Waals surface area (Å²) in [5.74, 6) is 0. The largest absolute Gasteiger partial charge is 0.294 e. The van der Waals surface area contributed by atoms with Gasteiger partial charge in [0.15, 0.2) is 0 Å². The van der Waals surface area contributed by atoms with E-state index in [0.717, 1.165) is 0 Å². The van der Waals surface area contributed by atoms with E-state index in [2.05, 4.69) is 10.9 Å². The fraction of sp³-hybridized carbons (Fsp3) is 0.750. The Morgan fingerprint density at radius 1 is 1.57 bits per heavy atom. The third kappa shape index (κ3) is 1.55. The van der Waals surface area contributed by atoms with E-state index in [4.69, 9.17) is 0 Å². The van der Waals surface area contributed by atoms with Gasteiger partial charge in [-0.05, 0) is 12.8 Å². The van der Waals surface area contributed by atoms with Gasteiger partial charge in [-0.2, -0.15) is 0 Å². The van der Waals surface area contributed by atoms with Gasteiger partial charge in [-0.25, -0.2) is 5.43 Å². The first-order chi connectivity index (χ1) is 3.43. The van der Waals surface area contributed by atoms with E-state index in [1.54, 1.807) is 0 Å². The maximum atomic E-state index is 9.56. The molecule has 0 heterocycles. The van der Waals surface area contributed by atoms with Crippen LogP contribution in [-0.2, 0) is 4.79 Å². The molecule has 1 aliphatic carbocycles. The second-order valence-electron chi connectivity index (χ2n) is 1.68. The number of hydrazine groups is 1. The van der Waals surface area contributed by atoms with E-state index in [1.807, 2.05) is 0 Å². The zero-order chi connectivity index (χ0) is 5.11. The van der Waals surface area contributed by atoms with Crippen molar-refractivity contribution in [2.75, 3.05) is 0 Å². The minimum absolute atomic E-state index is 0.560. The molecule has 0 aliphatic heterocycles. The van der Waals surface area contributed by atoms with Crippen LogP contribution in [0, 0.1) is 0 Å². The molecule has 40 valence electrons. The number of amides is 1. The predicted octanol–water partition coefficient (Wildman–Crippen LogP) is -0.601. The van der Waals surface area contributed by atoms with Gasteiger partial charge < -0.3 is 0 Å². The van der Waals surface area contributed by atoms with Gasteiger partial charge in [-0.3, -0.25) is 10.2 Å². The third-order valence-corrected chi connectivity index (χ3v) is 0.924. The Morgan fingerprint density at radius 3 is 2.71 bits per heavy atom. The second-order valence-corrected chi connectivity index (χ2v) is 1.68. The van der Waals surface area contributed by atoms with Gasteiger partial charge in [0, 0.05) is 6.04 Å². The molecule has 3 heteroatoms. The quantitative estimate of drug-likeness (QED) is 0.367. The molecule has 0 aromatic rings. The van der Waals surface area contributed by atoms with Crippen molar-refractivity contribution in [3.05, 3.63) is 0 Å². The lowest BCUT2D eigenvalue weighted by Crippen LogP contribution is -2.31. The van der Waals surface area contributed by atoms with Gasteiger partial charge in [-0.15, -0.1) is 0 Å². The van der Waals surface area contributed by atoms with E-state index in [0.29, 0.717) is 12.5 Å². The molecule has 0 atom stereocenters. The highest BCUT2D eigenvalue weighted by Crippen LogP contribution is 2.16. The first-order valence-electron chi connectivity index (χ1n) is 2.38. The molecule has 1 rings (SSSR count). The average molecular weight is 100 g/mol. The van der Waals surface area contributed by atoms with Crippen LogP contribution in [-0.4, -0.2) is 12.5 Å². The lowest BCUT2D eigenvalue weighted by Gasteiger charge is -1.93. The smallest absolute Gasteiger partial charge is 0.221 e. The number of hydrogen-bond acceptors (Lipinski definition) is 2. The summed E-state index contributed by atoms with van der Waals surface area (Å²) in [6, 6.07) is 0.560. The van der Waals surface area contributed by atoms with E-state index >= 15 is 0 Å². The fourth-order valence-electron chi connectivity index (χ4n) is 0.380. The molecule has 0 radical (unpaired) electrons. The highest BCUT2D eigenvalue weighted by molar-refractivity contribution is 5.44. The van der Waals surface area contributed by atoms with Crippen molar-refractivity contribution in [2.24, 2.45) is 0 Å². The lowest BCUT2D eigenvalue weighted by molar-refractivity contribution is -0.110. The second kappa shape index (κ2) is 1.93. The fourth-order valence-corrected chi connectivity index (χ4v) is 0.380. The van der Waals surface area contributed by atoms with Crippen LogP contribution in [0.3, 0.4) is 0 Å². The molecular weight excluding hydrogens is 92.1 g/mol. The number of rotatable bonds is 3. The third-order valence-electron chi connectivity index (χ3n) is 0.924. The van der Waals surface area contributed by atoms with Gasteiger partial charge in [0.2, 0.25) is 6.41 Å². The molecule has 0 spiro atoms. The minimum atomic E-state index is 0.560. The zero-order valence-corrected chi connectivity index (χ0v) is 3.98. The van der Waals surface area contributed by atoms with Crippen LogP contribution in [0.15, 0.2) is 0 Å². The summed E-state index contributed by atoms with van der Waals surface area (Å²) in [4.78, 5) is 9.56. The van der Waals surface area contributed by atoms with Crippen LogP contribution in [0.4, 0.5) is 0 Å². The summed E-state index contributed by atoms with van der Waals surface area (Å²) in [6.07, 6.45) is 3.04. The first kappa shape index (κ1) is 4.59. The molecule has 0 unspecified atom stereocenters. The average Bonchev–Trinajstić information content (AvgIpc) is 2.42. The minimum Gasteiger partial charge on any atom is -0.294 e. The van der Waals surface area contributed by atoms with Gasteiger partial charge in [0.05, 0.1) is 0 Å². The van der Waals surface area contributed by atoms with Crippen LogP contribution in [0.2, 0.25) is 0 Å². The lowest BCUT2D eigenvalue weighted by atomic mass is 10.8. The molecule has 2 N–H and O–H groups in total. The summed E-state index contributed by atoms with van der Waals surface area (Å²) in [5.41, 5.74) is 5.17. The Kier molecular flexibility index (Phi) is 1.26. The van der Waals surface area contributed by atoms with Crippen LogP contribution >= 0.6 is 0 Å². The molecule has 0 aromatic carbocycles. The van der Waals surface area contributed by atoms with E-state index in [9.17, 15) is 4.79 Å². The maximum Gasteiger partial charge on any atom is 0.221 e. The van der Waals surface area contributed by atoms with Crippen molar-refractivity contribution < 1.29 is 4.79 Å². The van der Waals surface area contributed by atoms with Crippen LogP contribution in [0.25, 0.3) is 0 Å². The van der Waals surface area contributed by atoms with Gasteiger partial charge in [0.1, 0.15) is 0 Å². The molecule has 1 aliphatic rings. The summed E-state index contributed by atoms with van der Waals surface area (Å²) in [6.45, 7) is 0. The van der Waals surface area contributed by atoms with Crippen molar-refractivity contribution in [2.45, 2.75) is 18.9 Å². The van der Waals surface area contributed by atoms with E-state index in [1.165, 1.54) is 12.8 Å². The van der Waals surface area contributed by atoms with Crippen LogP contribution in [0.5, 0.6) is 0 Å². The molecule has 1 saturated carbocycles. The van der Waals surface area contributed by atoms with Gasteiger partial charge in [-0.1, -0.05) is 0 Å². The molecule has 1 fully saturated rings. The van der Waals surface area contributed by atoms with Crippen molar-refractivity contribution >= 4 is 6.41 Å². The van der Waals surface area contributed by atoms with Crippen molar-refractivity contribution in [3.8, 4) is 0 Å². The Labute approximate surface area is 42.1 Å². The molecule has 1 amide bonds. The summed E-state index contributed by atoms with van der Waals surface area (Å²) in [5, 5.41) is 0. The van der Waals surface area contributed by atoms with Gasteiger partial charge >= 0.3 is 0 Å². The topological polar surface area (TPSA) is 41.1 Å². The SMILES string of the molecule is O=CNNC1CC1. The van der Waals surface area contributed by atoms with E-state index in [-0.39, 0.29) is 0 Å². The number of hydrogen-bond donors (Lipinski definition) is 2. The van der Waals surface area contributed by atoms with Gasteiger partial charge in [0.25, 0.3) is 0 Å².